The molecule has 36 heavy (non-hydrogen) atoms. The number of aromatic nitrogens is 3. The molecule has 1 aliphatic carbocycles. The lowest BCUT2D eigenvalue weighted by Crippen LogP contribution is -2.14. The van der Waals surface area contributed by atoms with Crippen molar-refractivity contribution in [1.82, 2.24) is 14.6 Å². The third-order valence-electron chi connectivity index (χ3n) is 6.41. The molecule has 0 aromatic carbocycles. The first-order valence-corrected chi connectivity index (χ1v) is 13.7. The van der Waals surface area contributed by atoms with Crippen molar-refractivity contribution >= 4 is 29.1 Å². The summed E-state index contributed by atoms with van der Waals surface area (Å²) in [6.07, 6.45) is 22.1. The number of unbranched alkanes of at least 4 members (excludes halogenated alkanes) is 1. The molecule has 2 heterocycles. The van der Waals surface area contributed by atoms with E-state index < -0.39 is 0 Å². The Labute approximate surface area is 218 Å². The summed E-state index contributed by atoms with van der Waals surface area (Å²) in [6, 6.07) is 2.02. The molecular formula is C30H48N6. The molecule has 0 aliphatic heterocycles. The number of hydrogen-bond acceptors (Lipinski definition) is 4. The lowest BCUT2D eigenvalue weighted by atomic mass is 9.86. The van der Waals surface area contributed by atoms with Gasteiger partial charge in [0.25, 0.3) is 0 Å². The van der Waals surface area contributed by atoms with Crippen LogP contribution in [0.4, 0.5) is 5.95 Å². The predicted molar refractivity (Wildman–Crippen MR) is 157 cm³/mol. The zero-order valence-corrected chi connectivity index (χ0v) is 23.7. The monoisotopic (exact) mass is 492 g/mol. The molecule has 0 unspecified atom stereocenters. The maximum atomic E-state index is 5.90. The average Bonchev–Trinajstić information content (AvgIpc) is 3.26. The van der Waals surface area contributed by atoms with Crippen molar-refractivity contribution in [3.8, 4) is 0 Å². The molecule has 0 radical (unpaired) electrons. The number of aliphatic imine (C=N–C) groups is 2. The number of fused-ring (bicyclic) bond motifs is 1. The molecule has 6 heteroatoms. The largest absolute Gasteiger partial charge is 0.367 e. The van der Waals surface area contributed by atoms with Gasteiger partial charge in [-0.05, 0) is 50.2 Å². The molecule has 1 saturated carbocycles. The van der Waals surface area contributed by atoms with Crippen LogP contribution in [-0.4, -0.2) is 26.6 Å². The highest BCUT2D eigenvalue weighted by Crippen LogP contribution is 2.28. The molecule has 2 N–H and O–H groups in total. The van der Waals surface area contributed by atoms with Gasteiger partial charge in [-0.1, -0.05) is 91.2 Å². The third kappa shape index (κ3) is 9.71. The molecule has 0 amide bonds. The maximum absolute atomic E-state index is 5.90. The molecule has 0 bridgehead atoms. The second-order valence-corrected chi connectivity index (χ2v) is 11.0. The number of allylic oxidation sites excluding steroid dienone is 3. The lowest BCUT2D eigenvalue weighted by molar-refractivity contribution is 0.331. The van der Waals surface area contributed by atoms with E-state index in [4.69, 9.17) is 5.73 Å². The van der Waals surface area contributed by atoms with Crippen LogP contribution in [0.15, 0.2) is 40.6 Å². The van der Waals surface area contributed by atoms with Gasteiger partial charge in [-0.3, -0.25) is 0 Å². The van der Waals surface area contributed by atoms with Crippen molar-refractivity contribution in [3.63, 3.8) is 0 Å². The molecule has 1 aliphatic rings. The smallest absolute Gasteiger partial charge is 0.238 e. The highest BCUT2D eigenvalue weighted by molar-refractivity contribution is 6.15. The second kappa shape index (κ2) is 14.7. The molecule has 2 aromatic rings. The average molecular weight is 493 g/mol. The van der Waals surface area contributed by atoms with E-state index in [2.05, 4.69) is 47.8 Å². The minimum atomic E-state index is 0.0860. The first-order valence-electron chi connectivity index (χ1n) is 13.7. The predicted octanol–water partition coefficient (Wildman–Crippen LogP) is 8.08. The Morgan fingerprint density at radius 1 is 1.19 bits per heavy atom. The Balaban J connectivity index is 0.000000380. The van der Waals surface area contributed by atoms with Gasteiger partial charge >= 0.3 is 0 Å². The first kappa shape index (κ1) is 29.5. The minimum Gasteiger partial charge on any atom is -0.367 e. The van der Waals surface area contributed by atoms with E-state index in [1.807, 2.05) is 51.4 Å². The van der Waals surface area contributed by atoms with Gasteiger partial charge in [-0.15, -0.1) is 5.10 Å². The quantitative estimate of drug-likeness (QED) is 0.313. The van der Waals surface area contributed by atoms with Gasteiger partial charge in [0.05, 0.1) is 11.2 Å². The molecule has 3 rings (SSSR count). The third-order valence-corrected chi connectivity index (χ3v) is 6.41. The highest BCUT2D eigenvalue weighted by atomic mass is 15.3. The van der Waals surface area contributed by atoms with Gasteiger partial charge in [-0.2, -0.15) is 0 Å². The fourth-order valence-corrected chi connectivity index (χ4v) is 4.62. The van der Waals surface area contributed by atoms with Crippen molar-refractivity contribution in [2.75, 3.05) is 5.73 Å². The summed E-state index contributed by atoms with van der Waals surface area (Å²) in [5, 5.41) is 4.32. The summed E-state index contributed by atoms with van der Waals surface area (Å²) < 4.78 is 1.80. The van der Waals surface area contributed by atoms with Crippen molar-refractivity contribution in [2.45, 2.75) is 106 Å². The summed E-state index contributed by atoms with van der Waals surface area (Å²) in [5.41, 5.74) is 9.93. The number of anilines is 1. The molecule has 198 valence electrons. The van der Waals surface area contributed by atoms with E-state index in [1.165, 1.54) is 51.4 Å². The summed E-state index contributed by atoms with van der Waals surface area (Å²) >= 11 is 0. The van der Waals surface area contributed by atoms with Crippen molar-refractivity contribution < 1.29 is 0 Å². The molecule has 0 saturated heterocycles. The molecule has 0 spiro atoms. The van der Waals surface area contributed by atoms with Crippen molar-refractivity contribution in [3.05, 3.63) is 41.9 Å². The van der Waals surface area contributed by atoms with Crippen LogP contribution in [0.25, 0.3) is 11.1 Å². The fourth-order valence-electron chi connectivity index (χ4n) is 4.62. The Bertz CT molecular complexity index is 1060. The Morgan fingerprint density at radius 3 is 2.53 bits per heavy atom. The lowest BCUT2D eigenvalue weighted by Gasteiger charge is -2.20. The summed E-state index contributed by atoms with van der Waals surface area (Å²) in [6.45, 7) is 14.6. The number of hydrogen-bond donors (Lipinski definition) is 1. The number of amidine groups is 1. The van der Waals surface area contributed by atoms with E-state index >= 15 is 0 Å². The van der Waals surface area contributed by atoms with Crippen LogP contribution in [0.1, 0.15) is 111 Å². The molecule has 6 nitrogen and oxygen atoms in total. The zero-order valence-electron chi connectivity index (χ0n) is 23.7. The summed E-state index contributed by atoms with van der Waals surface area (Å²) in [7, 11) is 0. The van der Waals surface area contributed by atoms with Crippen LogP contribution in [0.3, 0.4) is 0 Å². The van der Waals surface area contributed by atoms with Crippen molar-refractivity contribution in [2.24, 2.45) is 21.3 Å². The topological polar surface area (TPSA) is 80.9 Å². The van der Waals surface area contributed by atoms with Crippen LogP contribution in [-0.2, 0) is 6.42 Å². The zero-order chi connectivity index (χ0) is 26.6. The Hall–Kier alpha value is -2.76. The van der Waals surface area contributed by atoms with E-state index in [9.17, 15) is 0 Å². The molecule has 0 atom stereocenters. The first-order chi connectivity index (χ1) is 17.2. The van der Waals surface area contributed by atoms with E-state index in [0.29, 0.717) is 5.84 Å². The van der Waals surface area contributed by atoms with Gasteiger partial charge in [0.15, 0.2) is 0 Å². The number of rotatable bonds is 7. The number of nitrogens with zero attached hydrogens (tertiary/aromatic N) is 5. The highest BCUT2D eigenvalue weighted by Gasteiger charge is 2.19. The Kier molecular flexibility index (Phi) is 12.0. The van der Waals surface area contributed by atoms with Crippen LogP contribution in [0, 0.1) is 11.3 Å². The van der Waals surface area contributed by atoms with Gasteiger partial charge < -0.3 is 5.73 Å². The number of nitrogens with two attached hydrogens (primary N) is 1. The normalized spacial score (nSPS) is 16.2. The van der Waals surface area contributed by atoms with E-state index in [0.717, 1.165) is 34.7 Å². The second-order valence-electron chi connectivity index (χ2n) is 11.0. The van der Waals surface area contributed by atoms with E-state index in [1.54, 1.807) is 10.7 Å². The molecule has 1 fully saturated rings. The maximum Gasteiger partial charge on any atom is 0.238 e. The number of nitrogen functional groups attached to an aromatic ring is 1. The van der Waals surface area contributed by atoms with E-state index in [-0.39, 0.29) is 11.4 Å². The van der Waals surface area contributed by atoms with Crippen LogP contribution < -0.4 is 5.73 Å². The summed E-state index contributed by atoms with van der Waals surface area (Å²) in [5.74, 6) is 2.08. The van der Waals surface area contributed by atoms with Gasteiger partial charge in [0.1, 0.15) is 5.84 Å². The van der Waals surface area contributed by atoms with Crippen LogP contribution in [0.5, 0.6) is 0 Å². The van der Waals surface area contributed by atoms with Crippen molar-refractivity contribution in [1.29, 1.82) is 0 Å². The van der Waals surface area contributed by atoms with Crippen LogP contribution in [0.2, 0.25) is 0 Å². The van der Waals surface area contributed by atoms with Gasteiger partial charge in [-0.25, -0.2) is 19.5 Å². The standard InChI is InChI=1S/C20H28N6.C10H20/c1-7-10-22-14(3)23-13-15(8-2)16-9-11-26-18(16)17(12-20(4,5)6)24-19(21)25-26;1-2-3-7-10-8-5-4-6-9-10/h7-11,13H,12H2,1-6H3,(H2,21,25);10H,2-9H2,1H3/b10-7-,15-8+,22-14?,23-13?;. The minimum absolute atomic E-state index is 0.0860. The molecule has 2 aromatic heterocycles. The van der Waals surface area contributed by atoms with Crippen LogP contribution >= 0.6 is 0 Å². The fraction of sp³-hybridized carbons (Fsp3) is 0.600. The Morgan fingerprint density at radius 2 is 1.92 bits per heavy atom. The van der Waals surface area contributed by atoms with Gasteiger partial charge in [0, 0.05) is 24.2 Å². The SMILES string of the molecule is C/C=C\N=C(C)N=C/C(=C\C)c1ccn2nc(N)nc(CC(C)(C)C)c12.CCCCC1CCCCC1. The van der Waals surface area contributed by atoms with Gasteiger partial charge in [0.2, 0.25) is 5.95 Å². The summed E-state index contributed by atoms with van der Waals surface area (Å²) in [4.78, 5) is 13.2. The molecular weight excluding hydrogens is 444 g/mol.